The van der Waals surface area contributed by atoms with Crippen LogP contribution in [0.15, 0.2) is 12.1 Å². The number of esters is 1. The lowest BCUT2D eigenvalue weighted by Crippen LogP contribution is -2.21. The summed E-state index contributed by atoms with van der Waals surface area (Å²) in [5.41, 5.74) is -1.13. The Balaban J connectivity index is 0.00000116. The number of methoxy groups -OCH3 is 1. The summed E-state index contributed by atoms with van der Waals surface area (Å²) >= 11 is 0. The Labute approximate surface area is 125 Å². The van der Waals surface area contributed by atoms with Gasteiger partial charge in [0.25, 0.3) is 0 Å². The number of carbonyl (C=O) groups excluding carboxylic acids is 2. The summed E-state index contributed by atoms with van der Waals surface area (Å²) < 4.78 is 47.0. The molecule has 1 unspecified atom stereocenters. The number of Topliss-reactive ketones (excluding diaryl/α,β-unsaturated/α-hetero) is 1. The van der Waals surface area contributed by atoms with Gasteiger partial charge in [-0.3, -0.25) is 9.59 Å². The number of pyridine rings is 1. The Kier molecular flexibility index (Phi) is 5.90. The molecule has 1 aromatic rings. The molecule has 1 aromatic heterocycles. The molecule has 122 valence electrons. The number of carbonyl (C=O) groups is 2. The molecule has 8 heteroatoms. The lowest BCUT2D eigenvalue weighted by atomic mass is 10.1. The molecule has 1 aliphatic rings. The summed E-state index contributed by atoms with van der Waals surface area (Å²) in [5.74, 6) is -1.36. The van der Waals surface area contributed by atoms with Gasteiger partial charge in [0, 0.05) is 12.8 Å². The standard InChI is InChI=1S/C12H10F3NO4.C2H6/c1-19-9(17)5-3-7-10(18)6-2-4-8(12(13,14)15)16-11(6)20-7;1-2/h2,4,7H,3,5H2,1H3;1-2H3. The summed E-state index contributed by atoms with van der Waals surface area (Å²) in [6.45, 7) is 4.00. The maximum absolute atomic E-state index is 12.5. The average molecular weight is 319 g/mol. The Morgan fingerprint density at radius 2 is 2.00 bits per heavy atom. The molecule has 0 spiro atoms. The topological polar surface area (TPSA) is 65.5 Å². The smallest absolute Gasteiger partial charge is 0.433 e. The van der Waals surface area contributed by atoms with Crippen molar-refractivity contribution < 1.29 is 32.2 Å². The molecular weight excluding hydrogens is 303 g/mol. The van der Waals surface area contributed by atoms with Crippen LogP contribution in [0.2, 0.25) is 0 Å². The van der Waals surface area contributed by atoms with Crippen molar-refractivity contribution in [3.63, 3.8) is 0 Å². The van der Waals surface area contributed by atoms with Crippen molar-refractivity contribution in [3.05, 3.63) is 23.4 Å². The minimum atomic E-state index is -4.61. The average Bonchev–Trinajstić information content (AvgIpc) is 2.82. The maximum Gasteiger partial charge on any atom is 0.433 e. The summed E-state index contributed by atoms with van der Waals surface area (Å²) in [6.07, 6.45) is -5.64. The van der Waals surface area contributed by atoms with E-state index in [-0.39, 0.29) is 24.3 Å². The molecule has 0 radical (unpaired) electrons. The Morgan fingerprint density at radius 3 is 2.55 bits per heavy atom. The van der Waals surface area contributed by atoms with Crippen molar-refractivity contribution >= 4 is 11.8 Å². The SMILES string of the molecule is CC.COC(=O)CCC1Oc2nc(C(F)(F)F)ccc2C1=O. The summed E-state index contributed by atoms with van der Waals surface area (Å²) in [7, 11) is 1.20. The molecule has 0 bridgehead atoms. The molecule has 0 N–H and O–H groups in total. The van der Waals surface area contributed by atoms with E-state index in [1.807, 2.05) is 13.8 Å². The molecule has 0 fully saturated rings. The zero-order valence-electron chi connectivity index (χ0n) is 12.4. The summed E-state index contributed by atoms with van der Waals surface area (Å²) in [4.78, 5) is 26.1. The number of fused-ring (bicyclic) bond motifs is 1. The van der Waals surface area contributed by atoms with Gasteiger partial charge in [-0.25, -0.2) is 4.98 Å². The minimum absolute atomic E-state index is 0.00661. The van der Waals surface area contributed by atoms with Gasteiger partial charge in [-0.2, -0.15) is 13.2 Å². The summed E-state index contributed by atoms with van der Waals surface area (Å²) in [5, 5.41) is 0. The number of ketones is 1. The molecule has 0 saturated carbocycles. The number of ether oxygens (including phenoxy) is 2. The molecular formula is C14H16F3NO4. The minimum Gasteiger partial charge on any atom is -0.469 e. The first kappa shape index (κ1) is 17.9. The fourth-order valence-corrected chi connectivity index (χ4v) is 1.78. The van der Waals surface area contributed by atoms with Gasteiger partial charge >= 0.3 is 12.1 Å². The molecule has 0 amide bonds. The van der Waals surface area contributed by atoms with Crippen LogP contribution in [0.5, 0.6) is 5.88 Å². The van der Waals surface area contributed by atoms with Gasteiger partial charge in [0.2, 0.25) is 11.7 Å². The highest BCUT2D eigenvalue weighted by Gasteiger charge is 2.38. The molecule has 1 aliphatic heterocycles. The third kappa shape index (κ3) is 3.96. The zero-order valence-corrected chi connectivity index (χ0v) is 12.4. The van der Waals surface area contributed by atoms with Crippen LogP contribution in [0, 0.1) is 0 Å². The first-order valence-electron chi connectivity index (χ1n) is 6.69. The van der Waals surface area contributed by atoms with E-state index in [0.717, 1.165) is 12.1 Å². The first-order valence-corrected chi connectivity index (χ1v) is 6.69. The fourth-order valence-electron chi connectivity index (χ4n) is 1.78. The number of hydrogen-bond acceptors (Lipinski definition) is 5. The molecule has 2 heterocycles. The molecule has 5 nitrogen and oxygen atoms in total. The van der Waals surface area contributed by atoms with Crippen molar-refractivity contribution in [1.29, 1.82) is 0 Å². The van der Waals surface area contributed by atoms with Crippen LogP contribution in [-0.2, 0) is 15.7 Å². The van der Waals surface area contributed by atoms with Crippen LogP contribution in [0.25, 0.3) is 0 Å². The molecule has 0 aromatic carbocycles. The van der Waals surface area contributed by atoms with Crippen molar-refractivity contribution in [2.24, 2.45) is 0 Å². The van der Waals surface area contributed by atoms with Gasteiger partial charge in [0.15, 0.2) is 6.10 Å². The van der Waals surface area contributed by atoms with E-state index < -0.39 is 29.7 Å². The van der Waals surface area contributed by atoms with E-state index in [1.54, 1.807) is 0 Å². The van der Waals surface area contributed by atoms with Gasteiger partial charge < -0.3 is 9.47 Å². The Hall–Kier alpha value is -2.12. The number of hydrogen-bond donors (Lipinski definition) is 0. The number of aromatic nitrogens is 1. The lowest BCUT2D eigenvalue weighted by Gasteiger charge is -2.08. The number of nitrogens with zero attached hydrogens (tertiary/aromatic N) is 1. The quantitative estimate of drug-likeness (QED) is 0.801. The van der Waals surface area contributed by atoms with Crippen molar-refractivity contribution in [1.82, 2.24) is 4.98 Å². The van der Waals surface area contributed by atoms with Crippen LogP contribution in [0.4, 0.5) is 13.2 Å². The lowest BCUT2D eigenvalue weighted by molar-refractivity contribution is -0.141. The highest BCUT2D eigenvalue weighted by Crippen LogP contribution is 2.34. The highest BCUT2D eigenvalue weighted by atomic mass is 19.4. The second-order valence-corrected chi connectivity index (χ2v) is 4.13. The van der Waals surface area contributed by atoms with Crippen LogP contribution in [0.3, 0.4) is 0 Å². The highest BCUT2D eigenvalue weighted by molar-refractivity contribution is 6.04. The maximum atomic E-state index is 12.5. The first-order chi connectivity index (χ1) is 10.3. The number of rotatable bonds is 3. The monoisotopic (exact) mass is 319 g/mol. The second-order valence-electron chi connectivity index (χ2n) is 4.13. The fraction of sp³-hybridized carbons (Fsp3) is 0.500. The van der Waals surface area contributed by atoms with E-state index in [0.29, 0.717) is 0 Å². The second kappa shape index (κ2) is 7.24. The summed E-state index contributed by atoms with van der Waals surface area (Å²) in [6, 6.07) is 1.76. The van der Waals surface area contributed by atoms with Crippen LogP contribution in [-0.4, -0.2) is 30.0 Å². The van der Waals surface area contributed by atoms with E-state index in [1.165, 1.54) is 7.11 Å². The van der Waals surface area contributed by atoms with Crippen molar-refractivity contribution in [2.45, 2.75) is 39.0 Å². The predicted molar refractivity (Wildman–Crippen MR) is 70.6 cm³/mol. The Bertz CT molecular complexity index is 558. The predicted octanol–water partition coefficient (Wildman–Crippen LogP) is 3.02. The normalized spacial score (nSPS) is 16.3. The van der Waals surface area contributed by atoms with Crippen molar-refractivity contribution in [2.75, 3.05) is 7.11 Å². The molecule has 2 rings (SSSR count). The zero-order chi connectivity index (χ0) is 16.9. The van der Waals surface area contributed by atoms with Crippen LogP contribution >= 0.6 is 0 Å². The molecule has 0 saturated heterocycles. The molecule has 22 heavy (non-hydrogen) atoms. The largest absolute Gasteiger partial charge is 0.469 e. The van der Waals surface area contributed by atoms with Gasteiger partial charge in [-0.1, -0.05) is 13.8 Å². The van der Waals surface area contributed by atoms with Gasteiger partial charge in [0.05, 0.1) is 12.7 Å². The van der Waals surface area contributed by atoms with Gasteiger partial charge in [-0.05, 0) is 12.1 Å². The molecule has 0 aliphatic carbocycles. The Morgan fingerprint density at radius 1 is 1.36 bits per heavy atom. The van der Waals surface area contributed by atoms with E-state index in [9.17, 15) is 22.8 Å². The van der Waals surface area contributed by atoms with E-state index in [4.69, 9.17) is 4.74 Å². The number of alkyl halides is 3. The van der Waals surface area contributed by atoms with Crippen molar-refractivity contribution in [3.8, 4) is 5.88 Å². The third-order valence-electron chi connectivity index (χ3n) is 2.80. The van der Waals surface area contributed by atoms with Gasteiger partial charge in [0.1, 0.15) is 5.69 Å². The van der Waals surface area contributed by atoms with Gasteiger partial charge in [-0.15, -0.1) is 0 Å². The van der Waals surface area contributed by atoms with Crippen LogP contribution < -0.4 is 4.74 Å². The number of halogens is 3. The van der Waals surface area contributed by atoms with Crippen LogP contribution in [0.1, 0.15) is 42.7 Å². The third-order valence-corrected chi connectivity index (χ3v) is 2.80. The molecule has 1 atom stereocenters. The van der Waals surface area contributed by atoms with E-state index >= 15 is 0 Å². The van der Waals surface area contributed by atoms with E-state index in [2.05, 4.69) is 9.72 Å².